The van der Waals surface area contributed by atoms with E-state index in [-0.39, 0.29) is 29.7 Å². The number of aromatic nitrogens is 2. The molecular formula is C20H22F3N5O2. The molecule has 1 saturated carbocycles. The van der Waals surface area contributed by atoms with E-state index in [0.29, 0.717) is 23.1 Å². The highest BCUT2D eigenvalue weighted by atomic mass is 19.4. The van der Waals surface area contributed by atoms with E-state index in [4.69, 9.17) is 0 Å². The summed E-state index contributed by atoms with van der Waals surface area (Å²) in [5.41, 5.74) is 2.28. The third kappa shape index (κ3) is 3.99. The van der Waals surface area contributed by atoms with E-state index >= 15 is 0 Å². The Morgan fingerprint density at radius 2 is 1.87 bits per heavy atom. The summed E-state index contributed by atoms with van der Waals surface area (Å²) >= 11 is 0. The number of hydrogen-bond acceptors (Lipinski definition) is 6. The second-order valence-corrected chi connectivity index (χ2v) is 7.73. The second kappa shape index (κ2) is 7.33. The summed E-state index contributed by atoms with van der Waals surface area (Å²) in [7, 11) is 1.82. The van der Waals surface area contributed by atoms with Crippen molar-refractivity contribution in [3.8, 4) is 5.75 Å². The Bertz CT molecular complexity index is 958. The summed E-state index contributed by atoms with van der Waals surface area (Å²) in [5, 5.41) is 6.17. The fourth-order valence-corrected chi connectivity index (χ4v) is 3.74. The molecule has 2 N–H and O–H groups in total. The maximum atomic E-state index is 12.3. The quantitative estimate of drug-likeness (QED) is 0.782. The molecule has 0 bridgehead atoms. The van der Waals surface area contributed by atoms with E-state index in [1.165, 1.54) is 12.1 Å². The molecule has 1 amide bonds. The van der Waals surface area contributed by atoms with Gasteiger partial charge in [0.15, 0.2) is 5.82 Å². The molecule has 1 aliphatic heterocycles. The lowest BCUT2D eigenvalue weighted by molar-refractivity contribution is -0.274. The molecule has 30 heavy (non-hydrogen) atoms. The van der Waals surface area contributed by atoms with Gasteiger partial charge >= 0.3 is 6.36 Å². The van der Waals surface area contributed by atoms with Gasteiger partial charge in [0.05, 0.1) is 5.69 Å². The standard InChI is InChI=1S/C20H22F3N5O2/c1-10-16-17(28(3)11(2)18(29)26-16)27-19(24-10)25-14-8-13(9-14)12-4-6-15(7-5-12)30-20(21,22)23/h4-7,11,13-14H,8-9H2,1-3H3,(H,26,29)(H,24,25,27). The van der Waals surface area contributed by atoms with Crippen LogP contribution >= 0.6 is 0 Å². The van der Waals surface area contributed by atoms with Crippen LogP contribution in [-0.2, 0) is 4.79 Å². The molecule has 10 heteroatoms. The molecule has 1 unspecified atom stereocenters. The van der Waals surface area contributed by atoms with Gasteiger partial charge in [-0.15, -0.1) is 13.2 Å². The van der Waals surface area contributed by atoms with E-state index in [0.717, 1.165) is 18.4 Å². The van der Waals surface area contributed by atoms with Crippen molar-refractivity contribution in [2.24, 2.45) is 0 Å². The van der Waals surface area contributed by atoms with Crippen LogP contribution in [0.3, 0.4) is 0 Å². The average molecular weight is 421 g/mol. The van der Waals surface area contributed by atoms with Crippen molar-refractivity contribution in [3.63, 3.8) is 0 Å². The number of likely N-dealkylation sites (N-methyl/N-ethyl adjacent to an activating group) is 1. The first kappa shape index (κ1) is 20.2. The van der Waals surface area contributed by atoms with Crippen molar-refractivity contribution in [2.45, 2.75) is 51.1 Å². The number of nitrogens with one attached hydrogen (secondary N) is 2. The highest BCUT2D eigenvalue weighted by Crippen LogP contribution is 2.40. The van der Waals surface area contributed by atoms with E-state index in [1.807, 2.05) is 25.8 Å². The van der Waals surface area contributed by atoms with Gasteiger partial charge in [-0.1, -0.05) is 12.1 Å². The summed E-state index contributed by atoms with van der Waals surface area (Å²) < 4.78 is 40.7. The molecule has 2 aromatic rings. The van der Waals surface area contributed by atoms with E-state index in [2.05, 4.69) is 25.3 Å². The molecule has 160 valence electrons. The summed E-state index contributed by atoms with van der Waals surface area (Å²) in [5.74, 6) is 1.12. The maximum Gasteiger partial charge on any atom is 0.573 e. The molecule has 1 aliphatic carbocycles. The lowest BCUT2D eigenvalue weighted by atomic mass is 9.76. The number of benzene rings is 1. The van der Waals surface area contributed by atoms with Crippen molar-refractivity contribution in [1.82, 2.24) is 9.97 Å². The topological polar surface area (TPSA) is 79.4 Å². The normalized spacial score (nSPS) is 23.3. The Labute approximate surface area is 171 Å². The predicted molar refractivity (Wildman–Crippen MR) is 106 cm³/mol. The van der Waals surface area contributed by atoms with Gasteiger partial charge in [0, 0.05) is 13.1 Å². The Morgan fingerprint density at radius 3 is 2.50 bits per heavy atom. The molecule has 0 spiro atoms. The van der Waals surface area contributed by atoms with Crippen LogP contribution in [-0.4, -0.2) is 41.4 Å². The van der Waals surface area contributed by atoms with E-state index < -0.39 is 6.36 Å². The number of alkyl halides is 3. The summed E-state index contributed by atoms with van der Waals surface area (Å²) in [6.45, 7) is 3.63. The molecule has 1 aromatic heterocycles. The number of aryl methyl sites for hydroxylation is 1. The summed E-state index contributed by atoms with van der Waals surface area (Å²) in [6, 6.07) is 5.85. The molecule has 0 radical (unpaired) electrons. The van der Waals surface area contributed by atoms with Crippen LogP contribution in [0.4, 0.5) is 30.6 Å². The van der Waals surface area contributed by atoms with Crippen molar-refractivity contribution in [2.75, 3.05) is 22.6 Å². The van der Waals surface area contributed by atoms with Crippen LogP contribution in [0.5, 0.6) is 5.75 Å². The van der Waals surface area contributed by atoms with Crippen LogP contribution in [0.2, 0.25) is 0 Å². The monoisotopic (exact) mass is 421 g/mol. The van der Waals surface area contributed by atoms with E-state index in [1.54, 1.807) is 12.1 Å². The molecule has 2 aliphatic rings. The van der Waals surface area contributed by atoms with Gasteiger partial charge in [-0.25, -0.2) is 4.98 Å². The SMILES string of the molecule is Cc1nc(NC2CC(c3ccc(OC(F)(F)F)cc3)C2)nc2c1NC(=O)C(C)N2C. The number of fused-ring (bicyclic) bond motifs is 1. The minimum Gasteiger partial charge on any atom is -0.406 e. The maximum absolute atomic E-state index is 12.3. The zero-order chi connectivity index (χ0) is 21.6. The Kier molecular flexibility index (Phi) is 4.95. The predicted octanol–water partition coefficient (Wildman–Crippen LogP) is 3.82. The first-order chi connectivity index (χ1) is 14.1. The first-order valence-corrected chi connectivity index (χ1v) is 9.65. The van der Waals surface area contributed by atoms with Crippen LogP contribution in [0, 0.1) is 6.92 Å². The Hall–Kier alpha value is -3.04. The van der Waals surface area contributed by atoms with Gasteiger partial charge in [0.2, 0.25) is 11.9 Å². The fraction of sp³-hybridized carbons (Fsp3) is 0.450. The number of carbonyl (C=O) groups is 1. The van der Waals surface area contributed by atoms with Crippen molar-refractivity contribution < 1.29 is 22.7 Å². The molecule has 2 heterocycles. The van der Waals surface area contributed by atoms with Gasteiger partial charge in [-0.05, 0) is 50.3 Å². The van der Waals surface area contributed by atoms with Crippen LogP contribution in [0.15, 0.2) is 24.3 Å². The fourth-order valence-electron chi connectivity index (χ4n) is 3.74. The van der Waals surface area contributed by atoms with Crippen molar-refractivity contribution >= 4 is 23.4 Å². The lowest BCUT2D eigenvalue weighted by Crippen LogP contribution is -2.45. The number of ether oxygens (including phenoxy) is 1. The Balaban J connectivity index is 1.39. The van der Waals surface area contributed by atoms with Crippen LogP contribution < -0.4 is 20.3 Å². The van der Waals surface area contributed by atoms with Crippen molar-refractivity contribution in [3.05, 3.63) is 35.5 Å². The number of nitrogens with zero attached hydrogens (tertiary/aromatic N) is 3. The van der Waals surface area contributed by atoms with Gasteiger partial charge in [0.25, 0.3) is 0 Å². The van der Waals surface area contributed by atoms with Crippen LogP contribution in [0.1, 0.15) is 36.9 Å². The summed E-state index contributed by atoms with van der Waals surface area (Å²) in [4.78, 5) is 22.9. The van der Waals surface area contributed by atoms with Crippen LogP contribution in [0.25, 0.3) is 0 Å². The highest BCUT2D eigenvalue weighted by Gasteiger charge is 2.34. The number of rotatable bonds is 4. The molecule has 0 saturated heterocycles. The van der Waals surface area contributed by atoms with Gasteiger partial charge < -0.3 is 20.3 Å². The third-order valence-corrected chi connectivity index (χ3v) is 5.67. The molecule has 4 rings (SSSR count). The molecule has 1 atom stereocenters. The minimum absolute atomic E-state index is 0.0918. The molecule has 1 fully saturated rings. The molecule has 1 aromatic carbocycles. The zero-order valence-corrected chi connectivity index (χ0v) is 16.7. The number of anilines is 3. The third-order valence-electron chi connectivity index (χ3n) is 5.67. The number of hydrogen-bond donors (Lipinski definition) is 2. The lowest BCUT2D eigenvalue weighted by Gasteiger charge is -2.37. The second-order valence-electron chi connectivity index (χ2n) is 7.73. The minimum atomic E-state index is -4.69. The first-order valence-electron chi connectivity index (χ1n) is 9.65. The summed E-state index contributed by atoms with van der Waals surface area (Å²) in [6.07, 6.45) is -3.04. The average Bonchev–Trinajstić information content (AvgIpc) is 2.63. The zero-order valence-electron chi connectivity index (χ0n) is 16.7. The number of carbonyl (C=O) groups excluding carboxylic acids is 1. The Morgan fingerprint density at radius 1 is 1.20 bits per heavy atom. The number of halogens is 3. The largest absolute Gasteiger partial charge is 0.573 e. The van der Waals surface area contributed by atoms with Gasteiger partial charge in [-0.2, -0.15) is 4.98 Å². The van der Waals surface area contributed by atoms with E-state index in [9.17, 15) is 18.0 Å². The molecule has 7 nitrogen and oxygen atoms in total. The number of amides is 1. The highest BCUT2D eigenvalue weighted by molar-refractivity contribution is 6.03. The van der Waals surface area contributed by atoms with Gasteiger partial charge in [-0.3, -0.25) is 4.79 Å². The van der Waals surface area contributed by atoms with Gasteiger partial charge in [0.1, 0.15) is 17.5 Å². The molecular weight excluding hydrogens is 399 g/mol. The smallest absolute Gasteiger partial charge is 0.406 e. The van der Waals surface area contributed by atoms with Crippen molar-refractivity contribution in [1.29, 1.82) is 0 Å².